The predicted molar refractivity (Wildman–Crippen MR) is 121 cm³/mol. The van der Waals surface area contributed by atoms with Crippen molar-refractivity contribution in [3.63, 3.8) is 0 Å². The van der Waals surface area contributed by atoms with Crippen LogP contribution in [0, 0.1) is 12.7 Å². The molecule has 9 nitrogen and oxygen atoms in total. The van der Waals surface area contributed by atoms with Crippen molar-refractivity contribution in [2.75, 3.05) is 25.1 Å². The number of benzene rings is 1. The number of carbonyl (C=O) groups is 2. The Morgan fingerprint density at radius 3 is 2.58 bits per heavy atom. The highest BCUT2D eigenvalue weighted by Crippen LogP contribution is 2.39. The van der Waals surface area contributed by atoms with E-state index in [-0.39, 0.29) is 23.7 Å². The van der Waals surface area contributed by atoms with E-state index in [0.717, 1.165) is 12.1 Å². The van der Waals surface area contributed by atoms with E-state index >= 15 is 0 Å². The van der Waals surface area contributed by atoms with Crippen molar-refractivity contribution in [1.82, 2.24) is 28.8 Å². The second-order valence-corrected chi connectivity index (χ2v) is 9.02. The summed E-state index contributed by atoms with van der Waals surface area (Å²) in [7, 11) is 1.83. The average molecular weight is 470 g/mol. The minimum atomic E-state index is -0.382. The molecule has 0 aliphatic carbocycles. The molecule has 0 spiro atoms. The molecular weight excluding hydrogens is 445 g/mol. The number of aromatic nitrogens is 4. The molecule has 2 aliphatic heterocycles. The topological polar surface area (TPSA) is 87.5 Å². The van der Waals surface area contributed by atoms with Crippen LogP contribution in [0.4, 0.5) is 10.2 Å². The predicted octanol–water partition coefficient (Wildman–Crippen LogP) is 3.04. The second-order valence-electron chi connectivity index (χ2n) is 8.27. The number of aryl methyl sites for hydroxylation is 1. The SMILES string of the molecule is Cc1nsc(-c2nc(N(C)N3CCCC3=O)c3n2CCN(C(=O)c2ccc(F)cc2)C3C)n1. The molecule has 1 unspecified atom stereocenters. The van der Waals surface area contributed by atoms with E-state index in [1.54, 1.807) is 14.9 Å². The van der Waals surface area contributed by atoms with Crippen LogP contribution in [-0.4, -0.2) is 60.8 Å². The Morgan fingerprint density at radius 1 is 1.18 bits per heavy atom. The van der Waals surface area contributed by atoms with E-state index in [0.29, 0.717) is 54.1 Å². The van der Waals surface area contributed by atoms with Gasteiger partial charge in [0.15, 0.2) is 16.6 Å². The molecule has 0 radical (unpaired) electrons. The standard InChI is InChI=1S/C22H24FN7O2S/c1-13-18-19(27(3)30-10-4-5-17(30)31)25-20(21-24-14(2)26-33-21)29(18)12-11-28(13)22(32)15-6-8-16(23)9-7-15/h6-9,13H,4-5,10-12H2,1-3H3. The number of fused-ring (bicyclic) bond motifs is 1. The maximum Gasteiger partial charge on any atom is 0.254 e. The van der Waals surface area contributed by atoms with Gasteiger partial charge in [-0.3, -0.25) is 19.6 Å². The Morgan fingerprint density at radius 2 is 1.94 bits per heavy atom. The molecule has 172 valence electrons. The number of amides is 2. The Hall–Kier alpha value is -3.34. The number of halogens is 1. The molecule has 0 bridgehead atoms. The minimum Gasteiger partial charge on any atom is -0.328 e. The number of nitrogens with zero attached hydrogens (tertiary/aromatic N) is 7. The summed E-state index contributed by atoms with van der Waals surface area (Å²) in [5.74, 6) is 1.48. The highest BCUT2D eigenvalue weighted by atomic mass is 32.1. The molecule has 0 saturated carbocycles. The maximum atomic E-state index is 13.4. The van der Waals surface area contributed by atoms with Crippen molar-refractivity contribution >= 4 is 29.2 Å². The van der Waals surface area contributed by atoms with Crippen LogP contribution < -0.4 is 5.01 Å². The molecular formula is C22H24FN7O2S. The van der Waals surface area contributed by atoms with Gasteiger partial charge in [-0.05, 0) is 56.1 Å². The molecule has 1 atom stereocenters. The van der Waals surface area contributed by atoms with E-state index in [1.165, 1.54) is 35.8 Å². The van der Waals surface area contributed by atoms with Crippen molar-refractivity contribution in [3.05, 3.63) is 47.2 Å². The van der Waals surface area contributed by atoms with Gasteiger partial charge < -0.3 is 9.47 Å². The van der Waals surface area contributed by atoms with Gasteiger partial charge in [0.1, 0.15) is 11.6 Å². The molecule has 0 N–H and O–H groups in total. The van der Waals surface area contributed by atoms with Crippen LogP contribution in [0.25, 0.3) is 10.8 Å². The van der Waals surface area contributed by atoms with Gasteiger partial charge in [-0.25, -0.2) is 14.4 Å². The first kappa shape index (κ1) is 21.5. The van der Waals surface area contributed by atoms with Crippen molar-refractivity contribution in [2.24, 2.45) is 0 Å². The lowest BCUT2D eigenvalue weighted by Crippen LogP contribution is -2.44. The Balaban J connectivity index is 1.57. The number of hydrazine groups is 1. The molecule has 1 saturated heterocycles. The zero-order valence-electron chi connectivity index (χ0n) is 18.7. The molecule has 11 heteroatoms. The lowest BCUT2D eigenvalue weighted by molar-refractivity contribution is -0.128. The quantitative estimate of drug-likeness (QED) is 0.584. The Labute approximate surface area is 194 Å². The lowest BCUT2D eigenvalue weighted by Gasteiger charge is -2.37. The van der Waals surface area contributed by atoms with E-state index < -0.39 is 0 Å². The zero-order chi connectivity index (χ0) is 23.3. The highest BCUT2D eigenvalue weighted by Gasteiger charge is 2.37. The molecule has 1 aromatic carbocycles. The van der Waals surface area contributed by atoms with Crippen LogP contribution in [-0.2, 0) is 11.3 Å². The van der Waals surface area contributed by atoms with Gasteiger partial charge in [-0.2, -0.15) is 4.37 Å². The number of imidazole rings is 1. The number of anilines is 1. The van der Waals surface area contributed by atoms with Crippen LogP contribution >= 0.6 is 11.5 Å². The zero-order valence-corrected chi connectivity index (χ0v) is 19.5. The molecule has 33 heavy (non-hydrogen) atoms. The fourth-order valence-electron chi connectivity index (χ4n) is 4.53. The maximum absolute atomic E-state index is 13.4. The first-order valence-electron chi connectivity index (χ1n) is 10.9. The first-order valence-corrected chi connectivity index (χ1v) is 11.6. The van der Waals surface area contributed by atoms with Crippen LogP contribution in [0.15, 0.2) is 24.3 Å². The summed E-state index contributed by atoms with van der Waals surface area (Å²) in [5, 5.41) is 4.19. The summed E-state index contributed by atoms with van der Waals surface area (Å²) in [5.41, 5.74) is 1.27. The van der Waals surface area contributed by atoms with E-state index in [9.17, 15) is 14.0 Å². The van der Waals surface area contributed by atoms with Gasteiger partial charge >= 0.3 is 0 Å². The summed E-state index contributed by atoms with van der Waals surface area (Å²) in [6, 6.07) is 5.27. The largest absolute Gasteiger partial charge is 0.328 e. The molecule has 5 rings (SSSR count). The van der Waals surface area contributed by atoms with Crippen molar-refractivity contribution in [1.29, 1.82) is 0 Å². The minimum absolute atomic E-state index is 0.0512. The van der Waals surface area contributed by atoms with E-state index in [1.807, 2.05) is 20.9 Å². The normalized spacial score (nSPS) is 18.1. The van der Waals surface area contributed by atoms with Crippen LogP contribution in [0.2, 0.25) is 0 Å². The number of rotatable bonds is 4. The van der Waals surface area contributed by atoms with Crippen molar-refractivity contribution in [2.45, 2.75) is 39.3 Å². The average Bonchev–Trinajstić information content (AvgIpc) is 3.52. The Kier molecular flexibility index (Phi) is 5.35. The second kappa shape index (κ2) is 8.22. The van der Waals surface area contributed by atoms with E-state index in [4.69, 9.17) is 4.98 Å². The molecule has 2 amide bonds. The summed E-state index contributed by atoms with van der Waals surface area (Å²) < 4.78 is 19.7. The van der Waals surface area contributed by atoms with E-state index in [2.05, 4.69) is 13.9 Å². The van der Waals surface area contributed by atoms with Gasteiger partial charge in [-0.15, -0.1) is 0 Å². The molecule has 4 heterocycles. The summed E-state index contributed by atoms with van der Waals surface area (Å²) in [6.07, 6.45) is 1.31. The van der Waals surface area contributed by atoms with Crippen molar-refractivity contribution < 1.29 is 14.0 Å². The van der Waals surface area contributed by atoms with Gasteiger partial charge in [0.2, 0.25) is 5.91 Å². The molecule has 1 fully saturated rings. The Bertz CT molecular complexity index is 1220. The number of hydrogen-bond acceptors (Lipinski definition) is 7. The highest BCUT2D eigenvalue weighted by molar-refractivity contribution is 7.09. The third-order valence-corrected chi connectivity index (χ3v) is 7.01. The monoisotopic (exact) mass is 469 g/mol. The summed E-state index contributed by atoms with van der Waals surface area (Å²) in [4.78, 5) is 36.9. The van der Waals surface area contributed by atoms with Crippen molar-refractivity contribution in [3.8, 4) is 10.8 Å². The third-order valence-electron chi connectivity index (χ3n) is 6.20. The third kappa shape index (κ3) is 3.65. The molecule has 3 aromatic rings. The fourth-order valence-corrected chi connectivity index (χ4v) is 5.20. The van der Waals surface area contributed by atoms with Crippen LogP contribution in [0.3, 0.4) is 0 Å². The van der Waals surface area contributed by atoms with Crippen LogP contribution in [0.5, 0.6) is 0 Å². The lowest BCUT2D eigenvalue weighted by atomic mass is 10.1. The van der Waals surface area contributed by atoms with Gasteiger partial charge in [0.05, 0.1) is 11.7 Å². The number of carbonyl (C=O) groups excluding carboxylic acids is 2. The summed E-state index contributed by atoms with van der Waals surface area (Å²) in [6.45, 7) is 5.41. The van der Waals surface area contributed by atoms with Gasteiger partial charge in [-0.1, -0.05) is 0 Å². The molecule has 2 aromatic heterocycles. The van der Waals surface area contributed by atoms with Gasteiger partial charge in [0.25, 0.3) is 5.91 Å². The fraction of sp³-hybridized carbons (Fsp3) is 0.409. The smallest absolute Gasteiger partial charge is 0.254 e. The summed E-state index contributed by atoms with van der Waals surface area (Å²) >= 11 is 1.28. The first-order chi connectivity index (χ1) is 15.8. The number of hydrogen-bond donors (Lipinski definition) is 0. The van der Waals surface area contributed by atoms with Gasteiger partial charge in [0, 0.05) is 38.7 Å². The molecule has 2 aliphatic rings. The van der Waals surface area contributed by atoms with Crippen LogP contribution in [0.1, 0.15) is 47.7 Å².